The number of aromatic carboxylic acids is 1. The second-order valence-electron chi connectivity index (χ2n) is 4.78. The molecule has 1 aromatic carbocycles. The molecule has 7 heteroatoms. The highest BCUT2D eigenvalue weighted by atomic mass is 32.2. The summed E-state index contributed by atoms with van der Waals surface area (Å²) in [6.45, 7) is 2.57. The van der Waals surface area contributed by atoms with E-state index in [4.69, 9.17) is 5.11 Å². The Morgan fingerprint density at radius 2 is 1.95 bits per heavy atom. The van der Waals surface area contributed by atoms with E-state index >= 15 is 0 Å². The van der Waals surface area contributed by atoms with Gasteiger partial charge in [-0.2, -0.15) is 4.31 Å². The van der Waals surface area contributed by atoms with Crippen molar-refractivity contribution in [3.05, 3.63) is 52.9 Å². The molecular formula is C15H17NO4S2. The highest BCUT2D eigenvalue weighted by Gasteiger charge is 2.26. The molecule has 2 aromatic rings. The maximum atomic E-state index is 12.7. The fourth-order valence-corrected chi connectivity index (χ4v) is 4.84. The zero-order chi connectivity index (χ0) is 16.2. The van der Waals surface area contributed by atoms with E-state index in [1.165, 1.54) is 15.8 Å². The molecule has 0 aliphatic heterocycles. The second kappa shape index (κ2) is 7.04. The van der Waals surface area contributed by atoms with Crippen LogP contribution < -0.4 is 0 Å². The average molecular weight is 339 g/mol. The summed E-state index contributed by atoms with van der Waals surface area (Å²) in [6.07, 6.45) is 0.684. The Hall–Kier alpha value is -1.70. The van der Waals surface area contributed by atoms with Gasteiger partial charge in [-0.05, 0) is 18.1 Å². The second-order valence-corrected chi connectivity index (χ2v) is 7.86. The van der Waals surface area contributed by atoms with E-state index in [-0.39, 0.29) is 16.3 Å². The van der Waals surface area contributed by atoms with Gasteiger partial charge in [-0.3, -0.25) is 0 Å². The first kappa shape index (κ1) is 16.7. The fraction of sp³-hybridized carbons (Fsp3) is 0.267. The molecule has 1 N–H and O–H groups in total. The molecule has 0 unspecified atom stereocenters. The lowest BCUT2D eigenvalue weighted by Gasteiger charge is -2.20. The summed E-state index contributed by atoms with van der Waals surface area (Å²) in [7, 11) is -3.69. The van der Waals surface area contributed by atoms with Crippen molar-refractivity contribution in [2.45, 2.75) is 24.1 Å². The number of rotatable bonds is 7. The van der Waals surface area contributed by atoms with Crippen molar-refractivity contribution in [2.24, 2.45) is 0 Å². The minimum absolute atomic E-state index is 0.000246. The summed E-state index contributed by atoms with van der Waals surface area (Å²) in [5.41, 5.74) is 0.897. The molecule has 0 radical (unpaired) electrons. The molecule has 118 valence electrons. The third-order valence-electron chi connectivity index (χ3n) is 3.09. The monoisotopic (exact) mass is 339 g/mol. The van der Waals surface area contributed by atoms with Crippen molar-refractivity contribution >= 4 is 27.3 Å². The minimum Gasteiger partial charge on any atom is -0.478 e. The Morgan fingerprint density at radius 3 is 2.50 bits per heavy atom. The lowest BCUT2D eigenvalue weighted by Crippen LogP contribution is -2.30. The van der Waals surface area contributed by atoms with Crippen LogP contribution in [-0.4, -0.2) is 30.3 Å². The number of hydrogen-bond donors (Lipinski definition) is 1. The predicted molar refractivity (Wildman–Crippen MR) is 85.6 cm³/mol. The first-order valence-corrected chi connectivity index (χ1v) is 9.13. The number of thiophene rings is 1. The highest BCUT2D eigenvalue weighted by Crippen LogP contribution is 2.25. The Balaban J connectivity index is 2.30. The lowest BCUT2D eigenvalue weighted by molar-refractivity contribution is 0.0697. The van der Waals surface area contributed by atoms with Crippen molar-refractivity contribution in [3.8, 4) is 0 Å². The third-order valence-corrected chi connectivity index (χ3v) is 6.35. The fourth-order valence-electron chi connectivity index (χ4n) is 2.01. The van der Waals surface area contributed by atoms with E-state index in [9.17, 15) is 13.2 Å². The average Bonchev–Trinajstić information content (AvgIpc) is 2.99. The summed E-state index contributed by atoms with van der Waals surface area (Å²) in [4.78, 5) is 10.9. The number of carboxylic acid groups (broad SMARTS) is 1. The maximum Gasteiger partial charge on any atom is 0.336 e. The van der Waals surface area contributed by atoms with Gasteiger partial charge in [0, 0.05) is 18.5 Å². The molecule has 0 saturated heterocycles. The lowest BCUT2D eigenvalue weighted by atomic mass is 10.2. The molecule has 5 nitrogen and oxygen atoms in total. The van der Waals surface area contributed by atoms with Crippen molar-refractivity contribution in [1.29, 1.82) is 0 Å². The molecule has 0 aliphatic carbocycles. The normalized spacial score (nSPS) is 11.7. The van der Waals surface area contributed by atoms with E-state index in [1.54, 1.807) is 0 Å². The van der Waals surface area contributed by atoms with E-state index < -0.39 is 16.0 Å². The Bertz CT molecular complexity index is 738. The van der Waals surface area contributed by atoms with Crippen molar-refractivity contribution in [2.75, 3.05) is 6.54 Å². The van der Waals surface area contributed by atoms with E-state index in [1.807, 2.05) is 37.3 Å². The molecule has 0 bridgehead atoms. The number of sulfonamides is 1. The largest absolute Gasteiger partial charge is 0.478 e. The molecule has 0 aliphatic rings. The number of benzene rings is 1. The van der Waals surface area contributed by atoms with Gasteiger partial charge in [0.25, 0.3) is 10.0 Å². The van der Waals surface area contributed by atoms with E-state index in [2.05, 4.69) is 0 Å². The van der Waals surface area contributed by atoms with Crippen LogP contribution in [0.15, 0.2) is 46.0 Å². The molecule has 1 heterocycles. The molecule has 0 atom stereocenters. The summed E-state index contributed by atoms with van der Waals surface area (Å²) in [6, 6.07) is 10.6. The van der Waals surface area contributed by atoms with Crippen molar-refractivity contribution in [1.82, 2.24) is 4.31 Å². The Kier molecular flexibility index (Phi) is 5.33. The number of nitrogens with zero attached hydrogens (tertiary/aromatic N) is 1. The molecule has 2 rings (SSSR count). The quantitative estimate of drug-likeness (QED) is 0.841. The first-order chi connectivity index (χ1) is 10.4. The summed E-state index contributed by atoms with van der Waals surface area (Å²) in [5, 5.41) is 10.3. The zero-order valence-corrected chi connectivity index (χ0v) is 13.7. The van der Waals surface area contributed by atoms with E-state index in [0.717, 1.165) is 16.9 Å². The van der Waals surface area contributed by atoms with Gasteiger partial charge in [0.1, 0.15) is 4.21 Å². The van der Waals surface area contributed by atoms with Crippen LogP contribution in [0.4, 0.5) is 0 Å². The molecule has 22 heavy (non-hydrogen) atoms. The molecular weight excluding hydrogens is 322 g/mol. The SMILES string of the molecule is CCCN(Cc1ccccc1)S(=O)(=O)c1cc(C(=O)O)cs1. The summed E-state index contributed by atoms with van der Waals surface area (Å²) >= 11 is 0.939. The van der Waals surface area contributed by atoms with Crippen LogP contribution in [0.25, 0.3) is 0 Å². The van der Waals surface area contributed by atoms with Gasteiger partial charge in [0.05, 0.1) is 5.56 Å². The number of hydrogen-bond acceptors (Lipinski definition) is 4. The zero-order valence-electron chi connectivity index (χ0n) is 12.1. The van der Waals surface area contributed by atoms with Gasteiger partial charge in [-0.25, -0.2) is 13.2 Å². The van der Waals surface area contributed by atoms with Gasteiger partial charge in [-0.1, -0.05) is 37.3 Å². The minimum atomic E-state index is -3.69. The number of carboxylic acids is 1. The summed E-state index contributed by atoms with van der Waals surface area (Å²) in [5.74, 6) is -1.12. The van der Waals surface area contributed by atoms with Crippen LogP contribution >= 0.6 is 11.3 Å². The van der Waals surface area contributed by atoms with Gasteiger partial charge in [0.2, 0.25) is 0 Å². The smallest absolute Gasteiger partial charge is 0.336 e. The van der Waals surface area contributed by atoms with Crippen LogP contribution in [0.5, 0.6) is 0 Å². The molecule has 1 aromatic heterocycles. The van der Waals surface area contributed by atoms with Crippen LogP contribution in [0.3, 0.4) is 0 Å². The van der Waals surface area contributed by atoms with Crippen LogP contribution in [0, 0.1) is 0 Å². The van der Waals surface area contributed by atoms with Crippen molar-refractivity contribution < 1.29 is 18.3 Å². The maximum absolute atomic E-state index is 12.7. The van der Waals surface area contributed by atoms with Gasteiger partial charge >= 0.3 is 5.97 Å². The molecule has 0 saturated carbocycles. The van der Waals surface area contributed by atoms with Gasteiger partial charge in [0.15, 0.2) is 0 Å². The number of carbonyl (C=O) groups is 1. The first-order valence-electron chi connectivity index (χ1n) is 6.81. The topological polar surface area (TPSA) is 74.7 Å². The molecule has 0 fully saturated rings. The molecule has 0 spiro atoms. The summed E-state index contributed by atoms with van der Waals surface area (Å²) < 4.78 is 26.9. The van der Waals surface area contributed by atoms with Crippen LogP contribution in [-0.2, 0) is 16.6 Å². The van der Waals surface area contributed by atoms with Crippen LogP contribution in [0.2, 0.25) is 0 Å². The predicted octanol–water partition coefficient (Wildman–Crippen LogP) is 3.05. The molecule has 0 amide bonds. The van der Waals surface area contributed by atoms with Gasteiger partial charge < -0.3 is 5.11 Å². The Labute approximate surface area is 133 Å². The highest BCUT2D eigenvalue weighted by molar-refractivity contribution is 7.91. The third kappa shape index (κ3) is 3.73. The standard InChI is InChI=1S/C15H17NO4S2/c1-2-8-16(10-12-6-4-3-5-7-12)22(19,20)14-9-13(11-21-14)15(17)18/h3-7,9,11H,2,8,10H2,1H3,(H,17,18). The van der Waals surface area contributed by atoms with Crippen LogP contribution in [0.1, 0.15) is 29.3 Å². The Morgan fingerprint density at radius 1 is 1.27 bits per heavy atom. The van der Waals surface area contributed by atoms with E-state index in [0.29, 0.717) is 13.0 Å². The van der Waals surface area contributed by atoms with Gasteiger partial charge in [-0.15, -0.1) is 11.3 Å². The van der Waals surface area contributed by atoms with Crippen molar-refractivity contribution in [3.63, 3.8) is 0 Å².